The molecule has 1 aromatic heterocycles. The van der Waals surface area contributed by atoms with Gasteiger partial charge in [0.15, 0.2) is 6.10 Å². The maximum absolute atomic E-state index is 11.3. The molecule has 0 aliphatic heterocycles. The molecule has 0 aliphatic carbocycles. The van der Waals surface area contributed by atoms with Gasteiger partial charge in [-0.3, -0.25) is 0 Å². The van der Waals surface area contributed by atoms with Gasteiger partial charge in [-0.1, -0.05) is 66.7 Å². The van der Waals surface area contributed by atoms with Crippen molar-refractivity contribution in [3.05, 3.63) is 103 Å². The molecule has 0 saturated heterocycles. The van der Waals surface area contributed by atoms with E-state index in [1.165, 1.54) is 32.9 Å². The first-order chi connectivity index (χ1) is 17.6. The molecule has 1 atom stereocenters. The number of benzene rings is 4. The Morgan fingerprint density at radius 1 is 0.833 bits per heavy atom. The second-order valence-electron chi connectivity index (χ2n) is 8.75. The lowest BCUT2D eigenvalue weighted by Crippen LogP contribution is -2.26. The summed E-state index contributed by atoms with van der Waals surface area (Å²) in [4.78, 5) is 11.3. The van der Waals surface area contributed by atoms with Crippen molar-refractivity contribution in [1.29, 1.82) is 0 Å². The lowest BCUT2D eigenvalue weighted by molar-refractivity contribution is -0.149. The van der Waals surface area contributed by atoms with E-state index in [0.29, 0.717) is 26.2 Å². The maximum Gasteiger partial charge on any atom is 0.333 e. The largest absolute Gasteiger partial charge is 0.492 e. The molecular formula is C31H29NO4. The number of aliphatic carboxylic acids is 1. The van der Waals surface area contributed by atoms with Crippen molar-refractivity contribution in [2.45, 2.75) is 26.0 Å². The minimum atomic E-state index is -0.945. The van der Waals surface area contributed by atoms with E-state index in [4.69, 9.17) is 9.47 Å². The van der Waals surface area contributed by atoms with Crippen LogP contribution in [0.5, 0.6) is 5.75 Å². The second-order valence-corrected chi connectivity index (χ2v) is 8.75. The van der Waals surface area contributed by atoms with E-state index in [-0.39, 0.29) is 0 Å². The van der Waals surface area contributed by atoms with Crippen LogP contribution >= 0.6 is 0 Å². The van der Waals surface area contributed by atoms with Crippen molar-refractivity contribution < 1.29 is 19.4 Å². The zero-order chi connectivity index (χ0) is 24.9. The molecule has 0 spiro atoms. The highest BCUT2D eigenvalue weighted by Crippen LogP contribution is 2.32. The molecule has 0 saturated carbocycles. The van der Waals surface area contributed by atoms with Crippen molar-refractivity contribution in [3.8, 4) is 16.9 Å². The monoisotopic (exact) mass is 479 g/mol. The molecule has 36 heavy (non-hydrogen) atoms. The summed E-state index contributed by atoms with van der Waals surface area (Å²) in [6.45, 7) is 3.40. The average Bonchev–Trinajstić information content (AvgIpc) is 3.23. The van der Waals surface area contributed by atoms with Gasteiger partial charge in [0, 0.05) is 34.8 Å². The van der Waals surface area contributed by atoms with E-state index in [0.717, 1.165) is 11.3 Å². The molecule has 0 amide bonds. The lowest BCUT2D eigenvalue weighted by atomic mass is 10.0. The highest BCUT2D eigenvalue weighted by atomic mass is 16.5. The highest BCUT2D eigenvalue weighted by molar-refractivity contribution is 6.09. The Morgan fingerprint density at radius 2 is 1.56 bits per heavy atom. The Labute approximate surface area is 210 Å². The van der Waals surface area contributed by atoms with Gasteiger partial charge < -0.3 is 19.1 Å². The van der Waals surface area contributed by atoms with Crippen LogP contribution in [0.4, 0.5) is 0 Å². The molecule has 5 heteroatoms. The van der Waals surface area contributed by atoms with E-state index in [9.17, 15) is 9.90 Å². The summed E-state index contributed by atoms with van der Waals surface area (Å²) >= 11 is 0. The van der Waals surface area contributed by atoms with Crippen LogP contribution in [0.1, 0.15) is 12.5 Å². The highest BCUT2D eigenvalue weighted by Gasteiger charge is 2.18. The van der Waals surface area contributed by atoms with Crippen molar-refractivity contribution in [1.82, 2.24) is 4.57 Å². The third-order valence-corrected chi connectivity index (χ3v) is 6.45. The molecule has 0 fully saturated rings. The van der Waals surface area contributed by atoms with Crippen molar-refractivity contribution >= 4 is 27.8 Å². The SMILES string of the molecule is CCOC(Cc1ccc(OCCn2c3ccccc3c3cc(-c4ccccc4)ccc32)cc1)C(=O)O. The molecule has 0 aliphatic rings. The lowest BCUT2D eigenvalue weighted by Gasteiger charge is -2.13. The van der Waals surface area contributed by atoms with Gasteiger partial charge in [-0.25, -0.2) is 4.79 Å². The van der Waals surface area contributed by atoms with Crippen LogP contribution in [-0.2, 0) is 22.5 Å². The van der Waals surface area contributed by atoms with Crippen LogP contribution in [0.3, 0.4) is 0 Å². The zero-order valence-corrected chi connectivity index (χ0v) is 20.3. The Morgan fingerprint density at radius 3 is 2.31 bits per heavy atom. The predicted octanol–water partition coefficient (Wildman–Crippen LogP) is 6.57. The number of para-hydroxylation sites is 1. The minimum Gasteiger partial charge on any atom is -0.492 e. The van der Waals surface area contributed by atoms with Gasteiger partial charge in [0.1, 0.15) is 12.4 Å². The molecule has 0 radical (unpaired) electrons. The summed E-state index contributed by atoms with van der Waals surface area (Å²) in [5, 5.41) is 11.8. The summed E-state index contributed by atoms with van der Waals surface area (Å²) in [7, 11) is 0. The maximum atomic E-state index is 11.3. The Bertz CT molecular complexity index is 1470. The third-order valence-electron chi connectivity index (χ3n) is 6.45. The Hall–Kier alpha value is -4.09. The fraction of sp³-hybridized carbons (Fsp3) is 0.194. The molecule has 1 heterocycles. The smallest absolute Gasteiger partial charge is 0.333 e. The number of aromatic nitrogens is 1. The normalized spacial score (nSPS) is 12.1. The van der Waals surface area contributed by atoms with E-state index in [1.807, 2.05) is 30.3 Å². The van der Waals surface area contributed by atoms with Crippen LogP contribution < -0.4 is 4.74 Å². The molecule has 5 rings (SSSR count). The number of rotatable bonds is 10. The van der Waals surface area contributed by atoms with E-state index in [2.05, 4.69) is 71.3 Å². The van der Waals surface area contributed by atoms with Crippen LogP contribution in [0.2, 0.25) is 0 Å². The molecule has 4 aromatic carbocycles. The van der Waals surface area contributed by atoms with Gasteiger partial charge in [-0.2, -0.15) is 0 Å². The quantitative estimate of drug-likeness (QED) is 0.246. The minimum absolute atomic E-state index is 0.329. The van der Waals surface area contributed by atoms with Crippen LogP contribution in [-0.4, -0.2) is 35.0 Å². The summed E-state index contributed by atoms with van der Waals surface area (Å²) in [5.74, 6) is -0.187. The summed E-state index contributed by atoms with van der Waals surface area (Å²) in [5.41, 5.74) is 5.69. The van der Waals surface area contributed by atoms with E-state index in [1.54, 1.807) is 6.92 Å². The first kappa shape index (κ1) is 23.6. The molecule has 0 bridgehead atoms. The molecule has 182 valence electrons. The second kappa shape index (κ2) is 10.7. The third kappa shape index (κ3) is 4.97. The van der Waals surface area contributed by atoms with Crippen molar-refractivity contribution in [2.24, 2.45) is 0 Å². The number of fused-ring (bicyclic) bond motifs is 3. The number of carbonyl (C=O) groups is 1. The summed E-state index contributed by atoms with van der Waals surface area (Å²) in [6, 6.07) is 33.2. The zero-order valence-electron chi connectivity index (χ0n) is 20.3. The van der Waals surface area contributed by atoms with Crippen LogP contribution in [0, 0.1) is 0 Å². The van der Waals surface area contributed by atoms with Gasteiger partial charge in [0.25, 0.3) is 0 Å². The van der Waals surface area contributed by atoms with E-state index >= 15 is 0 Å². The van der Waals surface area contributed by atoms with Crippen molar-refractivity contribution in [3.63, 3.8) is 0 Å². The number of ether oxygens (including phenoxy) is 2. The van der Waals surface area contributed by atoms with Gasteiger partial charge in [0.05, 0.1) is 6.54 Å². The van der Waals surface area contributed by atoms with Crippen LogP contribution in [0.25, 0.3) is 32.9 Å². The van der Waals surface area contributed by atoms with Gasteiger partial charge in [-0.15, -0.1) is 0 Å². The Balaban J connectivity index is 1.32. The number of hydrogen-bond acceptors (Lipinski definition) is 3. The number of hydrogen-bond donors (Lipinski definition) is 1. The average molecular weight is 480 g/mol. The van der Waals surface area contributed by atoms with Crippen molar-refractivity contribution in [2.75, 3.05) is 13.2 Å². The molecule has 1 unspecified atom stereocenters. The number of carboxylic acids is 1. The molecule has 5 nitrogen and oxygen atoms in total. The van der Waals surface area contributed by atoms with Crippen LogP contribution in [0.15, 0.2) is 97.1 Å². The fourth-order valence-electron chi connectivity index (χ4n) is 4.71. The standard InChI is InChI=1S/C31H29NO4/c1-2-35-30(31(33)34)20-22-12-15-25(16-13-22)36-19-18-32-28-11-7-6-10-26(28)27-21-24(14-17-29(27)32)23-8-4-3-5-9-23/h3-17,21,30H,2,18-20H2,1H3,(H,33,34). The topological polar surface area (TPSA) is 60.7 Å². The number of carboxylic acid groups (broad SMARTS) is 1. The first-order valence-corrected chi connectivity index (χ1v) is 12.3. The van der Waals surface area contributed by atoms with E-state index < -0.39 is 12.1 Å². The summed E-state index contributed by atoms with van der Waals surface area (Å²) in [6.07, 6.45) is -0.505. The number of nitrogens with zero attached hydrogens (tertiary/aromatic N) is 1. The molecule has 1 N–H and O–H groups in total. The molecular weight excluding hydrogens is 450 g/mol. The molecule has 5 aromatic rings. The van der Waals surface area contributed by atoms with Gasteiger partial charge in [-0.05, 0) is 53.9 Å². The predicted molar refractivity (Wildman–Crippen MR) is 144 cm³/mol. The summed E-state index contributed by atoms with van der Waals surface area (Å²) < 4.78 is 13.7. The van der Waals surface area contributed by atoms with Gasteiger partial charge in [0.2, 0.25) is 0 Å². The first-order valence-electron chi connectivity index (χ1n) is 12.3. The fourth-order valence-corrected chi connectivity index (χ4v) is 4.71. The Kier molecular flexibility index (Phi) is 7.01. The van der Waals surface area contributed by atoms with Gasteiger partial charge >= 0.3 is 5.97 Å².